The van der Waals surface area contributed by atoms with Gasteiger partial charge in [-0.05, 0) is 48.6 Å². The molecule has 0 aromatic heterocycles. The molecule has 1 atom stereocenters. The summed E-state index contributed by atoms with van der Waals surface area (Å²) in [6.45, 7) is 6.31. The van der Waals surface area contributed by atoms with Gasteiger partial charge in [-0.2, -0.15) is 0 Å². The van der Waals surface area contributed by atoms with Crippen molar-refractivity contribution in [2.24, 2.45) is 5.92 Å². The zero-order valence-corrected chi connectivity index (χ0v) is 13.3. The van der Waals surface area contributed by atoms with Crippen LogP contribution in [0.2, 0.25) is 0 Å². The van der Waals surface area contributed by atoms with Gasteiger partial charge in [0.25, 0.3) is 5.91 Å². The van der Waals surface area contributed by atoms with Gasteiger partial charge in [0, 0.05) is 5.56 Å². The minimum absolute atomic E-state index is 0.121. The van der Waals surface area contributed by atoms with E-state index in [4.69, 9.17) is 0 Å². The van der Waals surface area contributed by atoms with Gasteiger partial charge in [-0.3, -0.25) is 4.79 Å². The Balaban J connectivity index is 2.02. The van der Waals surface area contributed by atoms with E-state index >= 15 is 0 Å². The highest BCUT2D eigenvalue weighted by molar-refractivity contribution is 5.94. The number of benzene rings is 2. The minimum atomic E-state index is -0.404. The van der Waals surface area contributed by atoms with E-state index in [1.807, 2.05) is 19.1 Å². The lowest BCUT2D eigenvalue weighted by molar-refractivity contribution is 0.0939. The first kappa shape index (κ1) is 16.2. The largest absolute Gasteiger partial charge is 0.346 e. The van der Waals surface area contributed by atoms with E-state index in [9.17, 15) is 9.18 Å². The summed E-state index contributed by atoms with van der Waals surface area (Å²) in [5.41, 5.74) is 2.67. The highest BCUT2D eigenvalue weighted by Crippen LogP contribution is 2.16. The van der Waals surface area contributed by atoms with Crippen LogP contribution < -0.4 is 5.32 Å². The molecule has 22 heavy (non-hydrogen) atoms. The average Bonchev–Trinajstić information content (AvgIpc) is 2.47. The van der Waals surface area contributed by atoms with Crippen LogP contribution in [0.15, 0.2) is 48.5 Å². The van der Waals surface area contributed by atoms with Gasteiger partial charge in [0.05, 0.1) is 6.04 Å². The molecule has 2 rings (SSSR count). The molecule has 0 aliphatic rings. The Morgan fingerprint density at radius 3 is 2.36 bits per heavy atom. The van der Waals surface area contributed by atoms with Gasteiger partial charge in [-0.15, -0.1) is 0 Å². The zero-order valence-electron chi connectivity index (χ0n) is 13.3. The molecule has 0 aliphatic heterocycles. The normalized spacial score (nSPS) is 12.2. The maximum absolute atomic E-state index is 13.2. The first-order valence-electron chi connectivity index (χ1n) is 7.61. The number of hydrogen-bond donors (Lipinski definition) is 1. The Kier molecular flexibility index (Phi) is 5.31. The molecular formula is C19H22FNO. The molecule has 0 saturated heterocycles. The van der Waals surface area contributed by atoms with Crippen molar-refractivity contribution in [3.8, 4) is 0 Å². The van der Waals surface area contributed by atoms with Gasteiger partial charge in [0.2, 0.25) is 0 Å². The van der Waals surface area contributed by atoms with E-state index in [0.29, 0.717) is 11.5 Å². The standard InChI is InChI=1S/C19H22FNO/c1-13(2)11-15-7-9-16(10-8-15)14(3)21-19(22)17-5-4-6-18(20)12-17/h4-10,12-14H,11H2,1-3H3,(H,21,22)/t14-/m1/s1. The summed E-state index contributed by atoms with van der Waals surface area (Å²) in [4.78, 5) is 12.1. The lowest BCUT2D eigenvalue weighted by Crippen LogP contribution is -2.26. The van der Waals surface area contributed by atoms with Crippen LogP contribution in [0.1, 0.15) is 48.3 Å². The molecular weight excluding hydrogens is 277 g/mol. The fourth-order valence-electron chi connectivity index (χ4n) is 2.41. The lowest BCUT2D eigenvalue weighted by atomic mass is 10.00. The number of carbonyl (C=O) groups excluding carboxylic acids is 1. The Morgan fingerprint density at radius 2 is 1.77 bits per heavy atom. The third-order valence-electron chi connectivity index (χ3n) is 3.56. The molecule has 0 saturated carbocycles. The Hall–Kier alpha value is -2.16. The summed E-state index contributed by atoms with van der Waals surface area (Å²) in [5.74, 6) is -0.0486. The van der Waals surface area contributed by atoms with Crippen LogP contribution in [-0.2, 0) is 6.42 Å². The molecule has 0 spiro atoms. The molecule has 0 bridgehead atoms. The molecule has 3 heteroatoms. The predicted octanol–water partition coefficient (Wildman–Crippen LogP) is 4.52. The number of hydrogen-bond acceptors (Lipinski definition) is 1. The zero-order chi connectivity index (χ0) is 16.1. The monoisotopic (exact) mass is 299 g/mol. The molecule has 2 aromatic carbocycles. The van der Waals surface area contributed by atoms with E-state index in [2.05, 4.69) is 31.3 Å². The maximum atomic E-state index is 13.2. The molecule has 0 heterocycles. The first-order chi connectivity index (χ1) is 10.5. The van der Waals surface area contributed by atoms with E-state index in [1.165, 1.54) is 23.8 Å². The van der Waals surface area contributed by atoms with Gasteiger partial charge in [-0.25, -0.2) is 4.39 Å². The van der Waals surface area contributed by atoms with E-state index in [-0.39, 0.29) is 11.9 Å². The summed E-state index contributed by atoms with van der Waals surface area (Å²) in [6.07, 6.45) is 1.05. The van der Waals surface area contributed by atoms with E-state index in [0.717, 1.165) is 12.0 Å². The number of nitrogens with one attached hydrogen (secondary N) is 1. The molecule has 0 unspecified atom stereocenters. The van der Waals surface area contributed by atoms with Crippen LogP contribution in [0.5, 0.6) is 0 Å². The second-order valence-electron chi connectivity index (χ2n) is 6.05. The minimum Gasteiger partial charge on any atom is -0.346 e. The summed E-state index contributed by atoms with van der Waals surface area (Å²) in [7, 11) is 0. The second-order valence-corrected chi connectivity index (χ2v) is 6.05. The van der Waals surface area contributed by atoms with Gasteiger partial charge < -0.3 is 5.32 Å². The molecule has 2 nitrogen and oxygen atoms in total. The molecule has 2 aromatic rings. The van der Waals surface area contributed by atoms with Gasteiger partial charge >= 0.3 is 0 Å². The van der Waals surface area contributed by atoms with E-state index < -0.39 is 5.82 Å². The van der Waals surface area contributed by atoms with Gasteiger partial charge in [0.15, 0.2) is 0 Å². The van der Waals surface area contributed by atoms with Crippen molar-refractivity contribution in [1.82, 2.24) is 5.32 Å². The smallest absolute Gasteiger partial charge is 0.251 e. The van der Waals surface area contributed by atoms with Gasteiger partial charge in [-0.1, -0.05) is 44.2 Å². The van der Waals surface area contributed by atoms with Crippen LogP contribution >= 0.6 is 0 Å². The van der Waals surface area contributed by atoms with Gasteiger partial charge in [0.1, 0.15) is 5.82 Å². The van der Waals surface area contributed by atoms with Crippen molar-refractivity contribution in [2.45, 2.75) is 33.2 Å². The quantitative estimate of drug-likeness (QED) is 0.864. The van der Waals surface area contributed by atoms with Crippen LogP contribution in [-0.4, -0.2) is 5.91 Å². The molecule has 1 amide bonds. The first-order valence-corrected chi connectivity index (χ1v) is 7.61. The summed E-state index contributed by atoms with van der Waals surface area (Å²) in [6, 6.07) is 13.9. The number of rotatable bonds is 5. The number of halogens is 1. The second kappa shape index (κ2) is 7.21. The molecule has 0 aliphatic carbocycles. The van der Waals surface area contributed by atoms with Crippen LogP contribution in [0.4, 0.5) is 4.39 Å². The summed E-state index contributed by atoms with van der Waals surface area (Å²) < 4.78 is 13.2. The Labute approximate surface area is 131 Å². The predicted molar refractivity (Wildman–Crippen MR) is 87.3 cm³/mol. The Morgan fingerprint density at radius 1 is 1.09 bits per heavy atom. The molecule has 1 N–H and O–H groups in total. The highest BCUT2D eigenvalue weighted by Gasteiger charge is 2.12. The van der Waals surface area contributed by atoms with Crippen molar-refractivity contribution in [2.75, 3.05) is 0 Å². The van der Waals surface area contributed by atoms with E-state index in [1.54, 1.807) is 6.07 Å². The highest BCUT2D eigenvalue weighted by atomic mass is 19.1. The Bertz CT molecular complexity index is 634. The van der Waals surface area contributed by atoms with Crippen molar-refractivity contribution in [1.29, 1.82) is 0 Å². The number of carbonyl (C=O) groups is 1. The average molecular weight is 299 g/mol. The lowest BCUT2D eigenvalue weighted by Gasteiger charge is -2.15. The van der Waals surface area contributed by atoms with Crippen molar-refractivity contribution in [3.05, 3.63) is 71.0 Å². The topological polar surface area (TPSA) is 29.1 Å². The molecule has 0 radical (unpaired) electrons. The van der Waals surface area contributed by atoms with Crippen molar-refractivity contribution >= 4 is 5.91 Å². The SMILES string of the molecule is CC(C)Cc1ccc([C@@H](C)NC(=O)c2cccc(F)c2)cc1. The fraction of sp³-hybridized carbons (Fsp3) is 0.316. The fourth-order valence-corrected chi connectivity index (χ4v) is 2.41. The number of amides is 1. The summed E-state index contributed by atoms with van der Waals surface area (Å²) >= 11 is 0. The maximum Gasteiger partial charge on any atom is 0.251 e. The van der Waals surface area contributed by atoms with Crippen molar-refractivity contribution < 1.29 is 9.18 Å². The third kappa shape index (κ3) is 4.42. The molecule has 116 valence electrons. The van der Waals surface area contributed by atoms with Crippen LogP contribution in [0.25, 0.3) is 0 Å². The molecule has 0 fully saturated rings. The summed E-state index contributed by atoms with van der Waals surface area (Å²) in [5, 5.41) is 2.89. The third-order valence-corrected chi connectivity index (χ3v) is 3.56. The van der Waals surface area contributed by atoms with Crippen LogP contribution in [0.3, 0.4) is 0 Å². The van der Waals surface area contributed by atoms with Crippen LogP contribution in [0, 0.1) is 11.7 Å². The van der Waals surface area contributed by atoms with Crippen molar-refractivity contribution in [3.63, 3.8) is 0 Å².